The lowest BCUT2D eigenvalue weighted by molar-refractivity contribution is -0.167. The number of unbranched alkanes of at least 4 members (excludes halogenated alkanes) is 50. The van der Waals surface area contributed by atoms with Gasteiger partial charge in [0.1, 0.15) is 13.2 Å². The molecule has 0 saturated heterocycles. The van der Waals surface area contributed by atoms with Crippen molar-refractivity contribution >= 4 is 17.9 Å². The third-order valence-electron chi connectivity index (χ3n) is 15.1. The van der Waals surface area contributed by atoms with Crippen molar-refractivity contribution in [3.05, 3.63) is 0 Å². The minimum atomic E-state index is -0.761. The lowest BCUT2D eigenvalue weighted by Gasteiger charge is -2.18. The van der Waals surface area contributed by atoms with E-state index >= 15 is 0 Å². The molecule has 0 fully saturated rings. The maximum Gasteiger partial charge on any atom is 0.306 e. The average molecular weight is 1000 g/mol. The minimum absolute atomic E-state index is 0.0609. The molecule has 0 amide bonds. The molecule has 0 aromatic carbocycles. The van der Waals surface area contributed by atoms with Gasteiger partial charge in [0.25, 0.3) is 0 Å². The Kier molecular flexibility index (Phi) is 59.6. The van der Waals surface area contributed by atoms with Crippen molar-refractivity contribution in [2.24, 2.45) is 0 Å². The summed E-state index contributed by atoms with van der Waals surface area (Å²) in [4.78, 5) is 38.2. The molecule has 0 heterocycles. The molecule has 0 rings (SSSR count). The zero-order chi connectivity index (χ0) is 51.4. The number of ether oxygens (including phenoxy) is 3. The third kappa shape index (κ3) is 59.2. The molecule has 0 radical (unpaired) electrons. The lowest BCUT2D eigenvalue weighted by atomic mass is 10.0. The smallest absolute Gasteiger partial charge is 0.306 e. The number of hydrogen-bond acceptors (Lipinski definition) is 6. The highest BCUT2D eigenvalue weighted by atomic mass is 16.6. The summed E-state index contributed by atoms with van der Waals surface area (Å²) in [6.07, 6.45) is 69.9. The highest BCUT2D eigenvalue weighted by Gasteiger charge is 2.19. The van der Waals surface area contributed by atoms with Gasteiger partial charge >= 0.3 is 17.9 Å². The Labute approximate surface area is 444 Å². The molecule has 0 saturated carbocycles. The molecule has 0 aliphatic carbocycles. The van der Waals surface area contributed by atoms with Gasteiger partial charge < -0.3 is 14.2 Å². The average Bonchev–Trinajstić information content (AvgIpc) is 3.37. The van der Waals surface area contributed by atoms with Gasteiger partial charge in [0.05, 0.1) is 0 Å². The number of hydrogen-bond donors (Lipinski definition) is 0. The normalized spacial score (nSPS) is 11.9. The summed E-state index contributed by atoms with van der Waals surface area (Å²) >= 11 is 0. The van der Waals surface area contributed by atoms with Gasteiger partial charge in [-0.2, -0.15) is 0 Å². The Morgan fingerprint density at radius 3 is 0.563 bits per heavy atom. The summed E-state index contributed by atoms with van der Waals surface area (Å²) in [5.74, 6) is -0.830. The first-order valence-corrected chi connectivity index (χ1v) is 32.5. The number of carbonyl (C=O) groups excluding carboxylic acids is 3. The molecule has 0 aliphatic rings. The van der Waals surface area contributed by atoms with Gasteiger partial charge in [-0.15, -0.1) is 0 Å². The van der Waals surface area contributed by atoms with Crippen LogP contribution in [0.25, 0.3) is 0 Å². The van der Waals surface area contributed by atoms with Crippen LogP contribution >= 0.6 is 0 Å². The van der Waals surface area contributed by atoms with Gasteiger partial charge in [0.2, 0.25) is 0 Å². The van der Waals surface area contributed by atoms with Crippen LogP contribution in [0.2, 0.25) is 0 Å². The molecular weight excluding hydrogens is 877 g/mol. The van der Waals surface area contributed by atoms with Gasteiger partial charge in [-0.05, 0) is 19.3 Å². The fourth-order valence-electron chi connectivity index (χ4n) is 10.2. The minimum Gasteiger partial charge on any atom is -0.462 e. The largest absolute Gasteiger partial charge is 0.462 e. The van der Waals surface area contributed by atoms with Crippen LogP contribution in [0.1, 0.15) is 380 Å². The van der Waals surface area contributed by atoms with E-state index in [9.17, 15) is 14.4 Å². The highest BCUT2D eigenvalue weighted by Crippen LogP contribution is 2.19. The predicted octanol–water partition coefficient (Wildman–Crippen LogP) is 21.9. The molecular formula is C65H126O6. The maximum atomic E-state index is 12.8. The van der Waals surface area contributed by atoms with Crippen LogP contribution in [0.4, 0.5) is 0 Å². The number of esters is 3. The molecule has 0 aromatic heterocycles. The Bertz CT molecular complexity index is 1060. The SMILES string of the molecule is CCCCCCCCCCCCCCCCCCCCCCCCCCCCCCC(=O)OCC(COC(=O)CCCCCCCCCCCCCC)OC(=O)CCCCCCCCCCCCCCC. The molecule has 6 nitrogen and oxygen atoms in total. The van der Waals surface area contributed by atoms with Crippen LogP contribution in [0.15, 0.2) is 0 Å². The van der Waals surface area contributed by atoms with Crippen molar-refractivity contribution < 1.29 is 28.6 Å². The van der Waals surface area contributed by atoms with Crippen LogP contribution < -0.4 is 0 Å². The van der Waals surface area contributed by atoms with E-state index in [1.54, 1.807) is 0 Å². The van der Waals surface area contributed by atoms with E-state index in [1.165, 1.54) is 283 Å². The van der Waals surface area contributed by atoms with Gasteiger partial charge in [-0.25, -0.2) is 0 Å². The van der Waals surface area contributed by atoms with Gasteiger partial charge in [0.15, 0.2) is 6.10 Å². The number of carbonyl (C=O) groups is 3. The summed E-state index contributed by atoms with van der Waals surface area (Å²) in [6.45, 7) is 6.71. The van der Waals surface area contributed by atoms with Crippen molar-refractivity contribution in [1.82, 2.24) is 0 Å². The Morgan fingerprint density at radius 2 is 0.380 bits per heavy atom. The van der Waals surface area contributed by atoms with E-state index in [1.807, 2.05) is 0 Å². The second-order valence-corrected chi connectivity index (χ2v) is 22.4. The monoisotopic (exact) mass is 1000 g/mol. The first kappa shape index (κ1) is 69.4. The van der Waals surface area contributed by atoms with Crippen LogP contribution in [0.5, 0.6) is 0 Å². The first-order valence-electron chi connectivity index (χ1n) is 32.5. The molecule has 0 bridgehead atoms. The van der Waals surface area contributed by atoms with Crippen molar-refractivity contribution in [2.45, 2.75) is 386 Å². The summed E-state index contributed by atoms with van der Waals surface area (Å²) < 4.78 is 16.9. The molecule has 0 aromatic rings. The predicted molar refractivity (Wildman–Crippen MR) is 307 cm³/mol. The van der Waals surface area contributed by atoms with E-state index in [0.717, 1.165) is 57.8 Å². The lowest BCUT2D eigenvalue weighted by Crippen LogP contribution is -2.30. The fraction of sp³-hybridized carbons (Fsp3) is 0.954. The fourth-order valence-corrected chi connectivity index (χ4v) is 10.2. The molecule has 0 aliphatic heterocycles. The standard InChI is InChI=1S/C65H126O6/c1-4-7-10-13-16-19-22-25-26-27-28-29-30-31-32-33-34-35-36-37-38-39-41-43-46-49-52-55-58-64(67)70-61-62(60-69-63(66)57-54-51-48-45-42-24-21-18-15-12-9-6-3)71-65(68)59-56-53-50-47-44-40-23-20-17-14-11-8-5-2/h62H,4-61H2,1-3H3. The molecule has 1 atom stereocenters. The molecule has 6 heteroatoms. The van der Waals surface area contributed by atoms with Gasteiger partial charge in [0, 0.05) is 19.3 Å². The van der Waals surface area contributed by atoms with Crippen LogP contribution in [-0.4, -0.2) is 37.2 Å². The quantitative estimate of drug-likeness (QED) is 0.0343. The molecule has 71 heavy (non-hydrogen) atoms. The maximum absolute atomic E-state index is 12.8. The highest BCUT2D eigenvalue weighted by molar-refractivity contribution is 5.71. The van der Waals surface area contributed by atoms with E-state index in [0.29, 0.717) is 19.3 Å². The topological polar surface area (TPSA) is 78.9 Å². The van der Waals surface area contributed by atoms with E-state index < -0.39 is 6.10 Å². The van der Waals surface area contributed by atoms with E-state index in [2.05, 4.69) is 20.8 Å². The third-order valence-corrected chi connectivity index (χ3v) is 15.1. The van der Waals surface area contributed by atoms with E-state index in [-0.39, 0.29) is 31.1 Å². The van der Waals surface area contributed by atoms with Crippen molar-refractivity contribution in [3.8, 4) is 0 Å². The Morgan fingerprint density at radius 1 is 0.225 bits per heavy atom. The zero-order valence-corrected chi connectivity index (χ0v) is 48.5. The zero-order valence-electron chi connectivity index (χ0n) is 48.5. The van der Waals surface area contributed by atoms with Gasteiger partial charge in [-0.1, -0.05) is 342 Å². The molecule has 422 valence electrons. The summed E-state index contributed by atoms with van der Waals surface area (Å²) in [7, 11) is 0. The summed E-state index contributed by atoms with van der Waals surface area (Å²) in [5.41, 5.74) is 0. The molecule has 1 unspecified atom stereocenters. The second kappa shape index (κ2) is 61.0. The summed E-state index contributed by atoms with van der Waals surface area (Å²) in [5, 5.41) is 0. The Balaban J connectivity index is 4.08. The van der Waals surface area contributed by atoms with E-state index in [4.69, 9.17) is 14.2 Å². The van der Waals surface area contributed by atoms with Crippen LogP contribution in [-0.2, 0) is 28.6 Å². The molecule has 0 N–H and O–H groups in total. The second-order valence-electron chi connectivity index (χ2n) is 22.4. The van der Waals surface area contributed by atoms with Crippen molar-refractivity contribution in [1.29, 1.82) is 0 Å². The van der Waals surface area contributed by atoms with Crippen LogP contribution in [0, 0.1) is 0 Å². The van der Waals surface area contributed by atoms with Gasteiger partial charge in [-0.3, -0.25) is 14.4 Å². The van der Waals surface area contributed by atoms with Crippen LogP contribution in [0.3, 0.4) is 0 Å². The Hall–Kier alpha value is -1.59. The summed E-state index contributed by atoms with van der Waals surface area (Å²) in [6, 6.07) is 0. The van der Waals surface area contributed by atoms with Crippen molar-refractivity contribution in [3.63, 3.8) is 0 Å². The van der Waals surface area contributed by atoms with Crippen molar-refractivity contribution in [2.75, 3.05) is 13.2 Å². The molecule has 0 spiro atoms. The number of rotatable bonds is 61. The first-order chi connectivity index (χ1) is 35.0.